The lowest BCUT2D eigenvalue weighted by atomic mass is 9.81. The van der Waals surface area contributed by atoms with E-state index in [-0.39, 0.29) is 5.92 Å². The molecule has 41 heavy (non-hydrogen) atoms. The summed E-state index contributed by atoms with van der Waals surface area (Å²) in [7, 11) is 0. The molecule has 1 N–H and O–H groups in total. The van der Waals surface area contributed by atoms with E-state index in [1.807, 2.05) is 47.4 Å². The smallest absolute Gasteiger partial charge is 0.326 e. The van der Waals surface area contributed by atoms with Gasteiger partial charge in [-0.05, 0) is 56.7 Å². The Morgan fingerprint density at radius 2 is 1.59 bits per heavy atom. The Bertz CT molecular complexity index is 1710. The number of carbonyl (C=O) groups is 1. The normalized spacial score (nSPS) is 16.4. The first-order valence-electron chi connectivity index (χ1n) is 14.1. The second-order valence-corrected chi connectivity index (χ2v) is 10.7. The van der Waals surface area contributed by atoms with Crippen LogP contribution in [0.4, 0.5) is 0 Å². The van der Waals surface area contributed by atoms with E-state index in [1.165, 1.54) is 11.1 Å². The maximum absolute atomic E-state index is 13.0. The Morgan fingerprint density at radius 3 is 2.37 bits per heavy atom. The van der Waals surface area contributed by atoms with Crippen LogP contribution in [0.2, 0.25) is 0 Å². The van der Waals surface area contributed by atoms with Crippen LogP contribution in [-0.4, -0.2) is 28.6 Å². The summed E-state index contributed by atoms with van der Waals surface area (Å²) >= 11 is 0. The Morgan fingerprint density at radius 1 is 0.854 bits per heavy atom. The van der Waals surface area contributed by atoms with E-state index in [0.717, 1.165) is 45.1 Å². The average Bonchev–Trinajstić information content (AvgIpc) is 3.03. The van der Waals surface area contributed by atoms with Crippen molar-refractivity contribution in [3.63, 3.8) is 0 Å². The van der Waals surface area contributed by atoms with Crippen LogP contribution in [0.1, 0.15) is 17.5 Å². The van der Waals surface area contributed by atoms with Crippen LogP contribution >= 0.6 is 0 Å². The first-order valence-corrected chi connectivity index (χ1v) is 14.1. The van der Waals surface area contributed by atoms with Crippen LogP contribution in [0.15, 0.2) is 151 Å². The standard InChI is InChI=1S/C38H33NO2/c1-27(33-23-22-30-12-5-6-14-34(30)25-33)39(26-35-16-9-15-32-13-7-8-17-36(32)35)37(38(40)41)24-28-18-20-31(21-19-28)29-10-3-2-4-11-29/h2-16,18-23,25,36-37H,1,17,24,26H2,(H,40,41)/t36-,37-/m1/s1. The van der Waals surface area contributed by atoms with Gasteiger partial charge in [0.1, 0.15) is 6.04 Å². The SMILES string of the molecule is C=C(c1ccc2ccccc2c1)N(CC1=CC=CC2=CC=CC[C@H]21)[C@H](Cc1ccc(-c2ccccc2)cc1)C(=O)O. The number of rotatable bonds is 9. The molecule has 0 heterocycles. The number of allylic oxidation sites excluding steroid dienone is 7. The van der Waals surface area contributed by atoms with Gasteiger partial charge in [0.2, 0.25) is 0 Å². The zero-order chi connectivity index (χ0) is 28.2. The summed E-state index contributed by atoms with van der Waals surface area (Å²) in [6, 6.07) is 32.2. The number of nitrogens with zero attached hydrogens (tertiary/aromatic N) is 1. The van der Waals surface area contributed by atoms with Gasteiger partial charge in [0.05, 0.1) is 0 Å². The van der Waals surface area contributed by atoms with Crippen LogP contribution in [0.3, 0.4) is 0 Å². The highest BCUT2D eigenvalue weighted by Crippen LogP contribution is 2.35. The molecule has 0 aliphatic heterocycles. The highest BCUT2D eigenvalue weighted by atomic mass is 16.4. The molecule has 0 unspecified atom stereocenters. The third-order valence-electron chi connectivity index (χ3n) is 8.18. The summed E-state index contributed by atoms with van der Waals surface area (Å²) < 4.78 is 0. The largest absolute Gasteiger partial charge is 0.480 e. The molecule has 2 atom stereocenters. The second kappa shape index (κ2) is 11.7. The van der Waals surface area contributed by atoms with Crippen LogP contribution in [-0.2, 0) is 11.2 Å². The monoisotopic (exact) mass is 535 g/mol. The molecule has 2 aliphatic rings. The van der Waals surface area contributed by atoms with Crippen molar-refractivity contribution in [2.75, 3.05) is 6.54 Å². The molecule has 2 aliphatic carbocycles. The quantitative estimate of drug-likeness (QED) is 0.234. The minimum atomic E-state index is -0.856. The van der Waals surface area contributed by atoms with Gasteiger partial charge in [0, 0.05) is 24.6 Å². The third-order valence-corrected chi connectivity index (χ3v) is 8.18. The van der Waals surface area contributed by atoms with E-state index in [4.69, 9.17) is 0 Å². The molecule has 0 saturated carbocycles. The molecule has 0 saturated heterocycles. The molecule has 0 aromatic heterocycles. The number of fused-ring (bicyclic) bond motifs is 2. The van der Waals surface area contributed by atoms with Gasteiger partial charge in [-0.3, -0.25) is 0 Å². The Balaban J connectivity index is 1.34. The first kappa shape index (κ1) is 26.3. The van der Waals surface area contributed by atoms with Crippen molar-refractivity contribution in [2.45, 2.75) is 18.9 Å². The molecule has 4 aromatic rings. The minimum absolute atomic E-state index is 0.247. The molecule has 0 radical (unpaired) electrons. The van der Waals surface area contributed by atoms with Gasteiger partial charge < -0.3 is 10.0 Å². The maximum atomic E-state index is 13.0. The van der Waals surface area contributed by atoms with E-state index in [0.29, 0.717) is 13.0 Å². The highest BCUT2D eigenvalue weighted by Gasteiger charge is 2.31. The van der Waals surface area contributed by atoms with Gasteiger partial charge >= 0.3 is 5.97 Å². The molecular formula is C38H33NO2. The molecule has 3 nitrogen and oxygen atoms in total. The summed E-state index contributed by atoms with van der Waals surface area (Å²) in [5, 5.41) is 12.9. The van der Waals surface area contributed by atoms with E-state index in [1.54, 1.807) is 0 Å². The van der Waals surface area contributed by atoms with E-state index < -0.39 is 12.0 Å². The zero-order valence-corrected chi connectivity index (χ0v) is 23.0. The fourth-order valence-electron chi connectivity index (χ4n) is 5.89. The number of benzene rings is 4. The highest BCUT2D eigenvalue weighted by molar-refractivity contribution is 5.86. The predicted molar refractivity (Wildman–Crippen MR) is 169 cm³/mol. The number of carboxylic acids is 1. The van der Waals surface area contributed by atoms with E-state index >= 15 is 0 Å². The summed E-state index contributed by atoms with van der Waals surface area (Å²) in [5.74, 6) is -0.609. The lowest BCUT2D eigenvalue weighted by Crippen LogP contribution is -2.43. The fraction of sp³-hybridized carbons (Fsp3) is 0.132. The van der Waals surface area contributed by atoms with Crippen molar-refractivity contribution in [3.05, 3.63) is 162 Å². The first-order chi connectivity index (χ1) is 20.1. The average molecular weight is 536 g/mol. The Kier molecular flexibility index (Phi) is 7.51. The molecule has 4 aromatic carbocycles. The van der Waals surface area contributed by atoms with Gasteiger partial charge in [-0.1, -0.05) is 134 Å². The number of hydrogen-bond donors (Lipinski definition) is 1. The summed E-state index contributed by atoms with van der Waals surface area (Å²) in [6.07, 6.45) is 14.1. The second-order valence-electron chi connectivity index (χ2n) is 10.7. The minimum Gasteiger partial charge on any atom is -0.480 e. The summed E-state index contributed by atoms with van der Waals surface area (Å²) in [4.78, 5) is 15.0. The molecule has 0 fully saturated rings. The van der Waals surface area contributed by atoms with Crippen molar-refractivity contribution in [2.24, 2.45) is 5.92 Å². The van der Waals surface area contributed by atoms with Crippen molar-refractivity contribution in [3.8, 4) is 11.1 Å². The van der Waals surface area contributed by atoms with Gasteiger partial charge in [-0.15, -0.1) is 0 Å². The van der Waals surface area contributed by atoms with Crippen molar-refractivity contribution in [1.82, 2.24) is 4.90 Å². The van der Waals surface area contributed by atoms with Crippen LogP contribution in [0.25, 0.3) is 27.6 Å². The van der Waals surface area contributed by atoms with E-state index in [2.05, 4.69) is 97.6 Å². The maximum Gasteiger partial charge on any atom is 0.326 e. The fourth-order valence-corrected chi connectivity index (χ4v) is 5.89. The Labute approximate surface area is 241 Å². The summed E-state index contributed by atoms with van der Waals surface area (Å²) in [5.41, 5.74) is 7.36. The predicted octanol–water partition coefficient (Wildman–Crippen LogP) is 8.47. The van der Waals surface area contributed by atoms with Crippen molar-refractivity contribution in [1.29, 1.82) is 0 Å². The van der Waals surface area contributed by atoms with Crippen molar-refractivity contribution >= 4 is 22.4 Å². The van der Waals surface area contributed by atoms with Gasteiger partial charge in [-0.25, -0.2) is 4.79 Å². The molecule has 6 rings (SSSR count). The molecule has 0 bridgehead atoms. The van der Waals surface area contributed by atoms with Crippen LogP contribution in [0.5, 0.6) is 0 Å². The lowest BCUT2D eigenvalue weighted by Gasteiger charge is -2.36. The van der Waals surface area contributed by atoms with Gasteiger partial charge in [0.25, 0.3) is 0 Å². The Hall–Kier alpha value is -4.89. The van der Waals surface area contributed by atoms with Gasteiger partial charge in [-0.2, -0.15) is 0 Å². The molecular weight excluding hydrogens is 502 g/mol. The topological polar surface area (TPSA) is 40.5 Å². The molecule has 0 spiro atoms. The summed E-state index contributed by atoms with van der Waals surface area (Å²) in [6.45, 7) is 4.98. The number of hydrogen-bond acceptors (Lipinski definition) is 2. The molecule has 3 heteroatoms. The third kappa shape index (κ3) is 5.71. The van der Waals surface area contributed by atoms with Gasteiger partial charge in [0.15, 0.2) is 0 Å². The van der Waals surface area contributed by atoms with Crippen LogP contribution in [0, 0.1) is 5.92 Å². The van der Waals surface area contributed by atoms with Crippen molar-refractivity contribution < 1.29 is 9.90 Å². The van der Waals surface area contributed by atoms with Crippen LogP contribution < -0.4 is 0 Å². The van der Waals surface area contributed by atoms with E-state index in [9.17, 15) is 9.90 Å². The molecule has 202 valence electrons. The number of carboxylic acid groups (broad SMARTS) is 1. The lowest BCUT2D eigenvalue weighted by molar-refractivity contribution is -0.141. The molecule has 0 amide bonds. The zero-order valence-electron chi connectivity index (χ0n) is 23.0. The number of aliphatic carboxylic acids is 1.